The van der Waals surface area contributed by atoms with E-state index in [2.05, 4.69) is 54.5 Å². The highest BCUT2D eigenvalue weighted by Gasteiger charge is 2.36. The Morgan fingerprint density at radius 3 is 2.77 bits per heavy atom. The first-order valence-corrected chi connectivity index (χ1v) is 6.68. The van der Waals surface area contributed by atoms with Crippen LogP contribution >= 0.6 is 38.5 Å². The molecular weight excluding hydrogens is 343 g/mol. The van der Waals surface area contributed by atoms with Gasteiger partial charge in [0.15, 0.2) is 0 Å². The molecule has 0 atom stereocenters. The zero-order chi connectivity index (χ0) is 9.31. The van der Waals surface area contributed by atoms with Gasteiger partial charge >= 0.3 is 0 Å². The van der Waals surface area contributed by atoms with Crippen LogP contribution in [0.1, 0.15) is 19.3 Å². The molecular formula is C9H12BrIN2. The predicted octanol–water partition coefficient (Wildman–Crippen LogP) is 3.05. The molecule has 0 saturated heterocycles. The SMILES string of the molecule is BrCC1(Cn2cc(I)cn2)CCC1. The van der Waals surface area contributed by atoms with Crippen LogP contribution in [0, 0.1) is 8.99 Å². The lowest BCUT2D eigenvalue weighted by atomic mass is 9.70. The molecule has 1 heterocycles. The topological polar surface area (TPSA) is 17.8 Å². The third-order valence-electron chi connectivity index (χ3n) is 2.80. The van der Waals surface area contributed by atoms with Crippen molar-refractivity contribution in [3.05, 3.63) is 16.0 Å². The number of aromatic nitrogens is 2. The molecule has 72 valence electrons. The van der Waals surface area contributed by atoms with E-state index in [-0.39, 0.29) is 0 Å². The highest BCUT2D eigenvalue weighted by Crippen LogP contribution is 2.43. The van der Waals surface area contributed by atoms with Crippen LogP contribution in [-0.4, -0.2) is 15.1 Å². The second kappa shape index (κ2) is 3.88. The van der Waals surface area contributed by atoms with Crippen molar-refractivity contribution in [2.45, 2.75) is 25.8 Å². The van der Waals surface area contributed by atoms with Crippen LogP contribution in [0.5, 0.6) is 0 Å². The molecule has 2 rings (SSSR count). The van der Waals surface area contributed by atoms with Crippen molar-refractivity contribution in [3.8, 4) is 0 Å². The second-order valence-corrected chi connectivity index (χ2v) is 5.65. The molecule has 4 heteroatoms. The molecule has 0 unspecified atom stereocenters. The average molecular weight is 355 g/mol. The van der Waals surface area contributed by atoms with Crippen molar-refractivity contribution in [2.75, 3.05) is 5.33 Å². The third kappa shape index (κ3) is 2.09. The van der Waals surface area contributed by atoms with Gasteiger partial charge in [-0.15, -0.1) is 0 Å². The van der Waals surface area contributed by atoms with Gasteiger partial charge in [0.1, 0.15) is 0 Å². The van der Waals surface area contributed by atoms with E-state index >= 15 is 0 Å². The fourth-order valence-electron chi connectivity index (χ4n) is 1.78. The molecule has 0 aromatic carbocycles. The maximum absolute atomic E-state index is 4.32. The number of hydrogen-bond donors (Lipinski definition) is 0. The van der Waals surface area contributed by atoms with E-state index in [0.29, 0.717) is 5.41 Å². The molecule has 1 aliphatic rings. The van der Waals surface area contributed by atoms with Gasteiger partial charge in [-0.3, -0.25) is 4.68 Å². The minimum atomic E-state index is 0.495. The van der Waals surface area contributed by atoms with E-state index in [4.69, 9.17) is 0 Å². The summed E-state index contributed by atoms with van der Waals surface area (Å²) in [4.78, 5) is 0. The Hall–Kier alpha value is 0.420. The van der Waals surface area contributed by atoms with Gasteiger partial charge in [0.05, 0.1) is 9.77 Å². The van der Waals surface area contributed by atoms with Gasteiger partial charge in [-0.2, -0.15) is 5.10 Å². The standard InChI is InChI=1S/C9H12BrIN2/c10-6-9(2-1-3-9)7-13-5-8(11)4-12-13/h4-5H,1-3,6-7H2. The first-order chi connectivity index (χ1) is 6.24. The maximum Gasteiger partial charge on any atom is 0.0623 e. The number of alkyl halides is 1. The van der Waals surface area contributed by atoms with Crippen molar-refractivity contribution in [2.24, 2.45) is 5.41 Å². The zero-order valence-electron chi connectivity index (χ0n) is 7.34. The molecule has 1 aromatic rings. The van der Waals surface area contributed by atoms with E-state index in [1.54, 1.807) is 0 Å². The summed E-state index contributed by atoms with van der Waals surface area (Å²) in [6.07, 6.45) is 8.10. The maximum atomic E-state index is 4.32. The summed E-state index contributed by atoms with van der Waals surface area (Å²) in [6, 6.07) is 0. The molecule has 2 nitrogen and oxygen atoms in total. The van der Waals surface area contributed by atoms with E-state index in [9.17, 15) is 0 Å². The van der Waals surface area contributed by atoms with E-state index in [1.165, 1.54) is 22.8 Å². The Morgan fingerprint density at radius 2 is 2.38 bits per heavy atom. The Bertz CT molecular complexity index is 288. The summed E-state index contributed by atoms with van der Waals surface area (Å²) in [7, 11) is 0. The van der Waals surface area contributed by atoms with Crippen LogP contribution in [-0.2, 0) is 6.54 Å². The summed E-state index contributed by atoms with van der Waals surface area (Å²) >= 11 is 5.90. The molecule has 0 N–H and O–H groups in total. The second-order valence-electron chi connectivity index (χ2n) is 3.84. The fourth-order valence-corrected chi connectivity index (χ4v) is 2.96. The van der Waals surface area contributed by atoms with Gasteiger partial charge < -0.3 is 0 Å². The Labute approximate surface area is 100 Å². The van der Waals surface area contributed by atoms with E-state index < -0.39 is 0 Å². The van der Waals surface area contributed by atoms with Crippen molar-refractivity contribution in [1.29, 1.82) is 0 Å². The summed E-state index contributed by atoms with van der Waals surface area (Å²) in [5, 5.41) is 5.43. The van der Waals surface area contributed by atoms with Crippen LogP contribution in [0.2, 0.25) is 0 Å². The molecule has 0 bridgehead atoms. The van der Waals surface area contributed by atoms with E-state index in [0.717, 1.165) is 11.9 Å². The Morgan fingerprint density at radius 1 is 1.62 bits per heavy atom. The summed E-state index contributed by atoms with van der Waals surface area (Å²) < 4.78 is 3.30. The molecule has 1 aliphatic carbocycles. The molecule has 1 fully saturated rings. The molecule has 0 spiro atoms. The van der Waals surface area contributed by atoms with Crippen LogP contribution < -0.4 is 0 Å². The molecule has 1 aromatic heterocycles. The van der Waals surface area contributed by atoms with Crippen LogP contribution in [0.25, 0.3) is 0 Å². The number of nitrogens with zero attached hydrogens (tertiary/aromatic N) is 2. The summed E-state index contributed by atoms with van der Waals surface area (Å²) in [5.74, 6) is 0. The van der Waals surface area contributed by atoms with Crippen LogP contribution in [0.4, 0.5) is 0 Å². The van der Waals surface area contributed by atoms with Crippen LogP contribution in [0.15, 0.2) is 12.4 Å². The van der Waals surface area contributed by atoms with Gasteiger partial charge in [-0.05, 0) is 40.8 Å². The van der Waals surface area contributed by atoms with Crippen molar-refractivity contribution < 1.29 is 0 Å². The number of halogens is 2. The van der Waals surface area contributed by atoms with Gasteiger partial charge in [0.25, 0.3) is 0 Å². The highest BCUT2D eigenvalue weighted by atomic mass is 127. The molecule has 0 amide bonds. The number of rotatable bonds is 3. The normalized spacial score (nSPS) is 19.8. The Balaban J connectivity index is 2.04. The lowest BCUT2D eigenvalue weighted by Crippen LogP contribution is -2.35. The molecule has 0 aliphatic heterocycles. The van der Waals surface area contributed by atoms with Gasteiger partial charge in [-0.25, -0.2) is 0 Å². The Kier molecular flexibility index (Phi) is 2.97. The van der Waals surface area contributed by atoms with Crippen molar-refractivity contribution in [1.82, 2.24) is 9.78 Å². The third-order valence-corrected chi connectivity index (χ3v) is 4.54. The first kappa shape index (κ1) is 9.96. The quantitative estimate of drug-likeness (QED) is 0.602. The minimum absolute atomic E-state index is 0.495. The number of hydrogen-bond acceptors (Lipinski definition) is 1. The molecule has 1 saturated carbocycles. The minimum Gasteiger partial charge on any atom is -0.271 e. The van der Waals surface area contributed by atoms with Gasteiger partial charge in [0, 0.05) is 18.1 Å². The van der Waals surface area contributed by atoms with Crippen molar-refractivity contribution in [3.63, 3.8) is 0 Å². The lowest BCUT2D eigenvalue weighted by molar-refractivity contribution is 0.134. The molecule has 13 heavy (non-hydrogen) atoms. The first-order valence-electron chi connectivity index (χ1n) is 4.48. The fraction of sp³-hybridized carbons (Fsp3) is 0.667. The lowest BCUT2D eigenvalue weighted by Gasteiger charge is -2.40. The zero-order valence-corrected chi connectivity index (χ0v) is 11.1. The monoisotopic (exact) mass is 354 g/mol. The molecule has 0 radical (unpaired) electrons. The van der Waals surface area contributed by atoms with Gasteiger partial charge in [0.2, 0.25) is 0 Å². The highest BCUT2D eigenvalue weighted by molar-refractivity contribution is 14.1. The van der Waals surface area contributed by atoms with Gasteiger partial charge in [-0.1, -0.05) is 22.4 Å². The average Bonchev–Trinajstić information content (AvgIpc) is 2.44. The predicted molar refractivity (Wildman–Crippen MR) is 65.0 cm³/mol. The van der Waals surface area contributed by atoms with Crippen molar-refractivity contribution >= 4 is 38.5 Å². The largest absolute Gasteiger partial charge is 0.271 e. The smallest absolute Gasteiger partial charge is 0.0623 e. The summed E-state index contributed by atoms with van der Waals surface area (Å²) in [5.41, 5.74) is 0.495. The summed E-state index contributed by atoms with van der Waals surface area (Å²) in [6.45, 7) is 1.07. The van der Waals surface area contributed by atoms with E-state index in [1.807, 2.05) is 6.20 Å². The van der Waals surface area contributed by atoms with Crippen LogP contribution in [0.3, 0.4) is 0 Å².